The monoisotopic (exact) mass is 511 g/mol. The van der Waals surface area contributed by atoms with Crippen LogP contribution in [0.25, 0.3) is 0 Å². The van der Waals surface area contributed by atoms with Crippen LogP contribution in [0.3, 0.4) is 0 Å². The Morgan fingerprint density at radius 2 is 1.69 bits per heavy atom. The van der Waals surface area contributed by atoms with Crippen LogP contribution in [0, 0.1) is 0 Å². The van der Waals surface area contributed by atoms with E-state index in [2.05, 4.69) is 33.0 Å². The number of rotatable bonds is 5. The number of halogens is 4. The first kappa shape index (κ1) is 25.1. The third-order valence-electron chi connectivity index (χ3n) is 4.51. The quantitative estimate of drug-likeness (QED) is 0.536. The smallest absolute Gasteiger partial charge is 0.475 e. The van der Waals surface area contributed by atoms with Gasteiger partial charge in [0.15, 0.2) is 0 Å². The number of carboxylic acids is 1. The number of nitrogens with two attached hydrogens (primary N) is 1. The van der Waals surface area contributed by atoms with Crippen LogP contribution in [0.5, 0.6) is 0 Å². The van der Waals surface area contributed by atoms with Gasteiger partial charge >= 0.3 is 12.1 Å². The highest BCUT2D eigenvalue weighted by molar-refractivity contribution is 9.10. The Morgan fingerprint density at radius 3 is 2.25 bits per heavy atom. The summed E-state index contributed by atoms with van der Waals surface area (Å²) in [4.78, 5) is 26.1. The maximum absolute atomic E-state index is 12.7. The molecule has 1 heterocycles. The predicted octanol–water partition coefficient (Wildman–Crippen LogP) is 4.13. The van der Waals surface area contributed by atoms with Gasteiger partial charge < -0.3 is 10.8 Å². The van der Waals surface area contributed by atoms with Crippen LogP contribution in [-0.2, 0) is 31.1 Å². The molecule has 32 heavy (non-hydrogen) atoms. The van der Waals surface area contributed by atoms with E-state index in [0.717, 1.165) is 27.7 Å². The molecule has 1 aromatic heterocycles. The maximum Gasteiger partial charge on any atom is 0.490 e. The van der Waals surface area contributed by atoms with Crippen molar-refractivity contribution in [3.05, 3.63) is 91.8 Å². The number of aromatic nitrogens is 2. The van der Waals surface area contributed by atoms with E-state index in [4.69, 9.17) is 15.6 Å². The van der Waals surface area contributed by atoms with Crippen LogP contribution in [0.1, 0.15) is 22.4 Å². The van der Waals surface area contributed by atoms with Crippen LogP contribution in [0.4, 0.5) is 19.1 Å². The molecule has 170 valence electrons. The second-order valence-corrected chi connectivity index (χ2v) is 7.77. The topological polar surface area (TPSA) is 98.2 Å². The summed E-state index contributed by atoms with van der Waals surface area (Å²) in [6.45, 7) is 0. The average Bonchev–Trinajstić information content (AvgIpc) is 2.73. The number of carboxylic acid groups (broad SMARTS) is 1. The Labute approximate surface area is 190 Å². The number of carbonyl (C=O) groups is 1. The van der Waals surface area contributed by atoms with Gasteiger partial charge in [-0.2, -0.15) is 13.2 Å². The number of alkyl halides is 3. The molecule has 0 aliphatic rings. The van der Waals surface area contributed by atoms with Gasteiger partial charge in [-0.3, -0.25) is 9.36 Å². The molecule has 0 spiro atoms. The van der Waals surface area contributed by atoms with Gasteiger partial charge in [0.2, 0.25) is 5.95 Å². The SMILES string of the molecule is Cn1c(N)nc(CCc2cccc(Br)c2)c(Cc2ccccc2)c1=O.O=C(O)C(F)(F)F. The van der Waals surface area contributed by atoms with Gasteiger partial charge in [-0.15, -0.1) is 0 Å². The third kappa shape index (κ3) is 7.23. The molecule has 0 amide bonds. The highest BCUT2D eigenvalue weighted by Gasteiger charge is 2.38. The molecule has 0 aliphatic carbocycles. The maximum atomic E-state index is 12.7. The van der Waals surface area contributed by atoms with E-state index < -0.39 is 12.1 Å². The Balaban J connectivity index is 0.000000451. The molecule has 0 saturated carbocycles. The predicted molar refractivity (Wildman–Crippen MR) is 118 cm³/mol. The van der Waals surface area contributed by atoms with Crippen molar-refractivity contribution in [3.8, 4) is 0 Å². The van der Waals surface area contributed by atoms with Gasteiger partial charge in [0.1, 0.15) is 0 Å². The summed E-state index contributed by atoms with van der Waals surface area (Å²) >= 11 is 3.49. The van der Waals surface area contributed by atoms with E-state index >= 15 is 0 Å². The van der Waals surface area contributed by atoms with E-state index in [-0.39, 0.29) is 11.5 Å². The van der Waals surface area contributed by atoms with Crippen molar-refractivity contribution in [3.63, 3.8) is 0 Å². The zero-order valence-electron chi connectivity index (χ0n) is 17.1. The second kappa shape index (κ2) is 10.9. The lowest BCUT2D eigenvalue weighted by Gasteiger charge is -2.12. The van der Waals surface area contributed by atoms with E-state index in [1.807, 2.05) is 42.5 Å². The molecule has 10 heteroatoms. The van der Waals surface area contributed by atoms with E-state index in [9.17, 15) is 18.0 Å². The third-order valence-corrected chi connectivity index (χ3v) is 5.00. The zero-order valence-corrected chi connectivity index (χ0v) is 18.7. The highest BCUT2D eigenvalue weighted by atomic mass is 79.9. The lowest BCUT2D eigenvalue weighted by atomic mass is 10.0. The van der Waals surface area contributed by atoms with Crippen LogP contribution < -0.4 is 11.3 Å². The number of benzene rings is 2. The second-order valence-electron chi connectivity index (χ2n) is 6.85. The molecular weight excluding hydrogens is 491 g/mol. The molecular formula is C22H21BrF3N3O3. The zero-order chi connectivity index (χ0) is 23.9. The minimum atomic E-state index is -5.08. The van der Waals surface area contributed by atoms with Crippen LogP contribution in [0.15, 0.2) is 63.9 Å². The fraction of sp³-hybridized carbons (Fsp3) is 0.227. The standard InChI is InChI=1S/C20H20BrN3O.C2HF3O2/c1-24-19(25)17(13-14-6-3-2-4-7-14)18(23-20(24)22)11-10-15-8-5-9-16(21)12-15;3-2(4,5)1(6)7/h2-9,12H,10-11,13H2,1H3,(H2,22,23);(H,6,7). The van der Waals surface area contributed by atoms with Crippen LogP contribution in [0.2, 0.25) is 0 Å². The van der Waals surface area contributed by atoms with Gasteiger partial charge in [-0.1, -0.05) is 58.4 Å². The molecule has 3 rings (SSSR count). The van der Waals surface area contributed by atoms with Crippen molar-refractivity contribution in [2.75, 3.05) is 5.73 Å². The summed E-state index contributed by atoms with van der Waals surface area (Å²) in [5.74, 6) is -2.50. The van der Waals surface area contributed by atoms with Crippen molar-refractivity contribution < 1.29 is 23.1 Å². The molecule has 0 atom stereocenters. The molecule has 0 bridgehead atoms. The van der Waals surface area contributed by atoms with Crippen molar-refractivity contribution in [2.24, 2.45) is 7.05 Å². The van der Waals surface area contributed by atoms with Gasteiger partial charge in [0.05, 0.1) is 5.69 Å². The molecule has 2 aromatic carbocycles. The molecule has 0 aliphatic heterocycles. The average molecular weight is 512 g/mol. The summed E-state index contributed by atoms with van der Waals surface area (Å²) < 4.78 is 34.2. The summed E-state index contributed by atoms with van der Waals surface area (Å²) in [6.07, 6.45) is -3.03. The van der Waals surface area contributed by atoms with Crippen molar-refractivity contribution in [1.29, 1.82) is 0 Å². The Kier molecular flexibility index (Phi) is 8.59. The summed E-state index contributed by atoms with van der Waals surface area (Å²) in [6, 6.07) is 18.1. The first-order valence-corrected chi connectivity index (χ1v) is 10.2. The van der Waals surface area contributed by atoms with Gasteiger partial charge in [-0.25, -0.2) is 9.78 Å². The molecule has 3 N–H and O–H groups in total. The number of nitrogens with zero attached hydrogens (tertiary/aromatic N) is 2. The van der Waals surface area contributed by atoms with E-state index in [1.165, 1.54) is 10.1 Å². The fourth-order valence-electron chi connectivity index (χ4n) is 2.85. The Hall–Kier alpha value is -3.14. The van der Waals surface area contributed by atoms with Crippen LogP contribution in [-0.4, -0.2) is 26.8 Å². The lowest BCUT2D eigenvalue weighted by Crippen LogP contribution is -2.27. The van der Waals surface area contributed by atoms with Gasteiger partial charge in [0, 0.05) is 23.5 Å². The fourth-order valence-corrected chi connectivity index (χ4v) is 3.30. The first-order chi connectivity index (χ1) is 15.0. The molecule has 0 unspecified atom stereocenters. The van der Waals surface area contributed by atoms with Gasteiger partial charge in [0.25, 0.3) is 5.56 Å². The minimum Gasteiger partial charge on any atom is -0.475 e. The number of anilines is 1. The number of aliphatic carboxylic acids is 1. The first-order valence-electron chi connectivity index (χ1n) is 9.41. The van der Waals surface area contributed by atoms with E-state index in [0.29, 0.717) is 12.8 Å². The minimum absolute atomic E-state index is 0.0689. The number of hydrogen-bond donors (Lipinski definition) is 2. The molecule has 0 radical (unpaired) electrons. The van der Waals surface area contributed by atoms with Crippen molar-refractivity contribution in [1.82, 2.24) is 9.55 Å². The normalized spacial score (nSPS) is 10.9. The highest BCUT2D eigenvalue weighted by Crippen LogP contribution is 2.16. The van der Waals surface area contributed by atoms with Crippen molar-refractivity contribution >= 4 is 27.8 Å². The van der Waals surface area contributed by atoms with Crippen molar-refractivity contribution in [2.45, 2.75) is 25.4 Å². The van der Waals surface area contributed by atoms with Crippen LogP contribution >= 0.6 is 15.9 Å². The Bertz CT molecular complexity index is 1130. The summed E-state index contributed by atoms with van der Waals surface area (Å²) in [7, 11) is 1.66. The Morgan fingerprint density at radius 1 is 1.09 bits per heavy atom. The summed E-state index contributed by atoms with van der Waals surface area (Å²) in [5, 5.41) is 7.12. The molecule has 0 fully saturated rings. The van der Waals surface area contributed by atoms with E-state index in [1.54, 1.807) is 7.05 Å². The number of aryl methyl sites for hydroxylation is 2. The molecule has 6 nitrogen and oxygen atoms in total. The molecule has 0 saturated heterocycles. The largest absolute Gasteiger partial charge is 0.490 e. The van der Waals surface area contributed by atoms with Gasteiger partial charge in [-0.05, 0) is 36.1 Å². The lowest BCUT2D eigenvalue weighted by molar-refractivity contribution is -0.192. The number of hydrogen-bond acceptors (Lipinski definition) is 4. The molecule has 3 aromatic rings. The number of nitrogen functional groups attached to an aromatic ring is 1. The summed E-state index contributed by atoms with van der Waals surface area (Å²) in [5.41, 5.74) is 9.64.